The maximum absolute atomic E-state index is 4.86. The van der Waals surface area contributed by atoms with Crippen molar-refractivity contribution in [3.8, 4) is 45.6 Å². The van der Waals surface area contributed by atoms with Crippen molar-refractivity contribution >= 4 is 44.1 Å². The molecule has 12 nitrogen and oxygen atoms in total. The van der Waals surface area contributed by atoms with Crippen LogP contribution in [0.15, 0.2) is 73.8 Å². The van der Waals surface area contributed by atoms with Crippen molar-refractivity contribution in [3.63, 3.8) is 0 Å². The van der Waals surface area contributed by atoms with Gasteiger partial charge >= 0.3 is 19.5 Å². The van der Waals surface area contributed by atoms with Crippen LogP contribution in [0, 0.1) is 0 Å². The van der Waals surface area contributed by atoms with E-state index in [0.717, 1.165) is 43.8 Å². The van der Waals surface area contributed by atoms with Crippen molar-refractivity contribution in [2.24, 2.45) is 0 Å². The van der Waals surface area contributed by atoms with Crippen LogP contribution in [0.4, 0.5) is 0 Å². The summed E-state index contributed by atoms with van der Waals surface area (Å²) in [5.41, 5.74) is 4.88. The third-order valence-corrected chi connectivity index (χ3v) is 6.91. The molecule has 9 rings (SSSR count). The summed E-state index contributed by atoms with van der Waals surface area (Å²) in [6.45, 7) is 0. The summed E-state index contributed by atoms with van der Waals surface area (Å²) in [4.78, 5) is 55.8. The van der Waals surface area contributed by atoms with Crippen molar-refractivity contribution in [3.05, 3.63) is 73.8 Å². The van der Waals surface area contributed by atoms with Crippen LogP contribution in [-0.2, 0) is 19.5 Å². The van der Waals surface area contributed by atoms with Gasteiger partial charge in [-0.05, 0) is 35.0 Å². The zero-order chi connectivity index (χ0) is 26.2. The smallest absolute Gasteiger partial charge is 0.357 e. The number of nitrogens with zero attached hydrogens (tertiary/aromatic N) is 12. The fraction of sp³-hybridized carbons (Fsp3) is 0. The third-order valence-electron chi connectivity index (χ3n) is 6.91. The first kappa shape index (κ1) is 23.5. The SMILES string of the molecule is [Zn+2].c1cc2c(cn1)-c1nc-2nc2[n-]c(nc3nc(nc4[n-]c(n1)c1ccncc41)-c1ccncc1-3)c1ccncc21. The van der Waals surface area contributed by atoms with E-state index in [9.17, 15) is 0 Å². The summed E-state index contributed by atoms with van der Waals surface area (Å²) in [5.74, 6) is 1.81. The Hall–Kier alpha value is -5.42. The van der Waals surface area contributed by atoms with Gasteiger partial charge in [-0.25, -0.2) is 9.97 Å². The van der Waals surface area contributed by atoms with Gasteiger partial charge in [0.15, 0.2) is 0 Å². The molecule has 8 bridgehead atoms. The van der Waals surface area contributed by atoms with E-state index in [0.29, 0.717) is 45.9 Å². The molecule has 186 valence electrons. The van der Waals surface area contributed by atoms with Crippen LogP contribution in [-0.4, -0.2) is 49.8 Å². The number of fused-ring (bicyclic) bond motifs is 20. The molecule has 41 heavy (non-hydrogen) atoms. The van der Waals surface area contributed by atoms with Crippen LogP contribution >= 0.6 is 0 Å². The quantitative estimate of drug-likeness (QED) is 0.239. The second-order valence-corrected chi connectivity index (χ2v) is 9.17. The van der Waals surface area contributed by atoms with Gasteiger partial charge in [0, 0.05) is 105 Å². The number of rotatable bonds is 0. The van der Waals surface area contributed by atoms with Crippen LogP contribution in [0.1, 0.15) is 0 Å². The number of hydrogen-bond donors (Lipinski definition) is 0. The van der Waals surface area contributed by atoms with Crippen molar-refractivity contribution in [1.29, 1.82) is 0 Å². The first-order valence-electron chi connectivity index (χ1n) is 12.3. The Morgan fingerprint density at radius 3 is 1.20 bits per heavy atom. The molecule has 0 saturated carbocycles. The molecule has 0 spiro atoms. The molecule has 0 unspecified atom stereocenters. The van der Waals surface area contributed by atoms with Gasteiger partial charge in [-0.1, -0.05) is 0 Å². The Balaban J connectivity index is 0.00000256. The topological polar surface area (TPSA) is 157 Å². The Kier molecular flexibility index (Phi) is 5.04. The van der Waals surface area contributed by atoms with Crippen molar-refractivity contribution in [2.45, 2.75) is 0 Å². The summed E-state index contributed by atoms with van der Waals surface area (Å²) in [6, 6.07) is 7.44. The summed E-state index contributed by atoms with van der Waals surface area (Å²) >= 11 is 0. The first-order valence-corrected chi connectivity index (χ1v) is 12.3. The molecular weight excluding hydrogens is 570 g/mol. The Morgan fingerprint density at radius 1 is 0.366 bits per heavy atom. The molecule has 2 aliphatic heterocycles. The Labute approximate surface area is 242 Å². The molecule has 0 aliphatic carbocycles. The Bertz CT molecular complexity index is 2040. The minimum Gasteiger partial charge on any atom is -0.357 e. The van der Waals surface area contributed by atoms with Crippen molar-refractivity contribution in [2.75, 3.05) is 0 Å². The minimum absolute atomic E-state index is 0. The van der Waals surface area contributed by atoms with E-state index in [1.165, 1.54) is 0 Å². The molecule has 0 radical (unpaired) electrons. The maximum atomic E-state index is 4.86. The van der Waals surface area contributed by atoms with Crippen LogP contribution < -0.4 is 9.97 Å². The minimum atomic E-state index is 0. The molecular formula is C28H12N12Zn. The summed E-state index contributed by atoms with van der Waals surface area (Å²) < 4.78 is 0. The third kappa shape index (κ3) is 3.49. The van der Waals surface area contributed by atoms with Gasteiger partial charge in [0.05, 0.1) is 23.3 Å². The second kappa shape index (κ2) is 8.80. The van der Waals surface area contributed by atoms with Gasteiger partial charge in [0.1, 0.15) is 0 Å². The van der Waals surface area contributed by atoms with Gasteiger partial charge in [-0.3, -0.25) is 19.9 Å². The predicted molar refractivity (Wildman–Crippen MR) is 145 cm³/mol. The Morgan fingerprint density at radius 2 is 0.732 bits per heavy atom. The summed E-state index contributed by atoms with van der Waals surface area (Å²) in [7, 11) is 0. The molecule has 7 aromatic rings. The fourth-order valence-corrected chi connectivity index (χ4v) is 5.04. The number of aromatic nitrogens is 12. The number of pyridine rings is 4. The largest absolute Gasteiger partial charge is 2.00 e. The summed E-state index contributed by atoms with van der Waals surface area (Å²) in [5, 5.41) is 3.07. The van der Waals surface area contributed by atoms with Crippen LogP contribution in [0.3, 0.4) is 0 Å². The van der Waals surface area contributed by atoms with E-state index < -0.39 is 0 Å². The zero-order valence-electron chi connectivity index (χ0n) is 21.0. The molecule has 0 fully saturated rings. The molecule has 13 heteroatoms. The average molecular weight is 582 g/mol. The van der Waals surface area contributed by atoms with Gasteiger partial charge in [-0.2, -0.15) is 0 Å². The molecule has 7 aromatic heterocycles. The summed E-state index contributed by atoms with van der Waals surface area (Å²) in [6.07, 6.45) is 13.7. The normalized spacial score (nSPS) is 11.7. The standard InChI is InChI=1S/C28H12N12.Zn/c1-5-29-9-17-13(1)21-33-25(17)38-22-15-3-7-31-11-19(15)27(35-22)40-24-16-4-8-32-12-20(16)28(36-24)39-23-14-2-6-30-10-18(14)26(34-23)37-21;/h1-12H;/q-2;+2. The molecule has 0 saturated heterocycles. The molecule has 0 N–H and O–H groups in total. The molecule has 9 heterocycles. The molecule has 0 aromatic carbocycles. The van der Waals surface area contributed by atoms with E-state index in [1.807, 2.05) is 24.3 Å². The van der Waals surface area contributed by atoms with Crippen molar-refractivity contribution < 1.29 is 19.5 Å². The van der Waals surface area contributed by atoms with Gasteiger partial charge in [0.2, 0.25) is 0 Å². The van der Waals surface area contributed by atoms with Crippen LogP contribution in [0.25, 0.3) is 89.7 Å². The van der Waals surface area contributed by atoms with Gasteiger partial charge in [-0.15, -0.1) is 0 Å². The first-order chi connectivity index (χ1) is 19.8. The van der Waals surface area contributed by atoms with E-state index in [4.69, 9.17) is 39.9 Å². The van der Waals surface area contributed by atoms with E-state index in [-0.39, 0.29) is 19.5 Å². The zero-order valence-corrected chi connectivity index (χ0v) is 24.0. The molecule has 2 aliphatic rings. The van der Waals surface area contributed by atoms with Gasteiger partial charge < -0.3 is 29.9 Å². The maximum Gasteiger partial charge on any atom is 2.00 e. The number of hydrogen-bond acceptors (Lipinski definition) is 10. The second-order valence-electron chi connectivity index (χ2n) is 9.17. The van der Waals surface area contributed by atoms with E-state index in [2.05, 4.69) is 19.9 Å². The van der Waals surface area contributed by atoms with Crippen molar-refractivity contribution in [1.82, 2.24) is 59.8 Å². The van der Waals surface area contributed by atoms with Crippen LogP contribution in [0.5, 0.6) is 0 Å². The van der Waals surface area contributed by atoms with E-state index in [1.54, 1.807) is 49.6 Å². The van der Waals surface area contributed by atoms with Gasteiger partial charge in [0.25, 0.3) is 0 Å². The van der Waals surface area contributed by atoms with Crippen LogP contribution in [0.2, 0.25) is 0 Å². The molecule has 0 amide bonds. The predicted octanol–water partition coefficient (Wildman–Crippen LogP) is 3.70. The van der Waals surface area contributed by atoms with E-state index >= 15 is 0 Å². The monoisotopic (exact) mass is 580 g/mol. The fourth-order valence-electron chi connectivity index (χ4n) is 5.04. The average Bonchev–Trinajstić information content (AvgIpc) is 3.73. The molecule has 0 atom stereocenters.